The molecule has 0 aromatic carbocycles. The van der Waals surface area contributed by atoms with Crippen molar-refractivity contribution in [2.75, 3.05) is 0 Å². The molecule has 0 radical (unpaired) electrons. The van der Waals surface area contributed by atoms with E-state index in [9.17, 15) is 14.7 Å². The first-order chi connectivity index (χ1) is 7.95. The van der Waals surface area contributed by atoms with Crippen molar-refractivity contribution >= 4 is 11.8 Å². The summed E-state index contributed by atoms with van der Waals surface area (Å²) in [7, 11) is 0. The van der Waals surface area contributed by atoms with Crippen LogP contribution in [0.1, 0.15) is 45.4 Å². The third-order valence-corrected chi connectivity index (χ3v) is 4.80. The molecule has 4 nitrogen and oxygen atoms in total. The van der Waals surface area contributed by atoms with E-state index in [0.29, 0.717) is 25.0 Å². The second-order valence-corrected chi connectivity index (χ2v) is 5.69. The van der Waals surface area contributed by atoms with E-state index >= 15 is 0 Å². The van der Waals surface area contributed by atoms with Crippen molar-refractivity contribution in [2.45, 2.75) is 51.6 Å². The number of Topliss-reactive ketones (excluding diaryl/α,β-unsaturated/α-hetero) is 1. The normalized spacial score (nSPS) is 41.3. The molecule has 0 unspecified atom stereocenters. The first-order valence-corrected chi connectivity index (χ1v) is 6.38. The van der Waals surface area contributed by atoms with Crippen molar-refractivity contribution in [1.29, 1.82) is 0 Å². The van der Waals surface area contributed by atoms with E-state index in [0.717, 1.165) is 12.8 Å². The Morgan fingerprint density at radius 1 is 1.47 bits per heavy atom. The summed E-state index contributed by atoms with van der Waals surface area (Å²) >= 11 is 0. The summed E-state index contributed by atoms with van der Waals surface area (Å²) in [5, 5.41) is 18.8. The SMILES string of the molecule is C[C@]12CC[C@@H](O)[C@@H](CCC(=O)O)[C@@H]1CCC2=O. The molecule has 2 saturated carbocycles. The summed E-state index contributed by atoms with van der Waals surface area (Å²) in [4.78, 5) is 22.6. The first-order valence-electron chi connectivity index (χ1n) is 6.38. The maximum absolute atomic E-state index is 11.9. The summed E-state index contributed by atoms with van der Waals surface area (Å²) in [6.45, 7) is 1.99. The topological polar surface area (TPSA) is 74.6 Å². The summed E-state index contributed by atoms with van der Waals surface area (Å²) in [6.07, 6.45) is 2.93. The lowest BCUT2D eigenvalue weighted by molar-refractivity contribution is -0.138. The Morgan fingerprint density at radius 2 is 2.18 bits per heavy atom. The van der Waals surface area contributed by atoms with Crippen LogP contribution in [0.5, 0.6) is 0 Å². The zero-order valence-electron chi connectivity index (χ0n) is 10.2. The van der Waals surface area contributed by atoms with Crippen LogP contribution in [0.4, 0.5) is 0 Å². The van der Waals surface area contributed by atoms with Gasteiger partial charge in [0.2, 0.25) is 0 Å². The van der Waals surface area contributed by atoms with Crippen molar-refractivity contribution in [2.24, 2.45) is 17.3 Å². The van der Waals surface area contributed by atoms with E-state index in [-0.39, 0.29) is 23.7 Å². The van der Waals surface area contributed by atoms with Crippen LogP contribution in [0.15, 0.2) is 0 Å². The largest absolute Gasteiger partial charge is 0.481 e. The average Bonchev–Trinajstić information content (AvgIpc) is 2.55. The number of fused-ring (bicyclic) bond motifs is 1. The quantitative estimate of drug-likeness (QED) is 0.786. The highest BCUT2D eigenvalue weighted by Crippen LogP contribution is 2.53. The molecule has 17 heavy (non-hydrogen) atoms. The molecule has 2 aliphatic carbocycles. The standard InChI is InChI=1S/C13H20O4/c1-13-7-6-10(14)8(2-5-12(16)17)9(13)3-4-11(13)15/h8-10,14H,2-7H2,1H3,(H,16,17)/t8-,9-,10+,13-/m0/s1. The van der Waals surface area contributed by atoms with Crippen LogP contribution in [0.2, 0.25) is 0 Å². The molecule has 4 heteroatoms. The lowest BCUT2D eigenvalue weighted by atomic mass is 9.62. The first kappa shape index (κ1) is 12.6. The Balaban J connectivity index is 2.13. The van der Waals surface area contributed by atoms with Crippen molar-refractivity contribution < 1.29 is 19.8 Å². The molecule has 96 valence electrons. The van der Waals surface area contributed by atoms with Gasteiger partial charge < -0.3 is 10.2 Å². The Bertz CT molecular complexity index is 338. The minimum absolute atomic E-state index is 0.0173. The maximum atomic E-state index is 11.9. The van der Waals surface area contributed by atoms with Crippen LogP contribution in [0.25, 0.3) is 0 Å². The average molecular weight is 240 g/mol. The maximum Gasteiger partial charge on any atom is 0.303 e. The van der Waals surface area contributed by atoms with Crippen LogP contribution >= 0.6 is 0 Å². The minimum Gasteiger partial charge on any atom is -0.481 e. The number of hydrogen-bond donors (Lipinski definition) is 2. The van der Waals surface area contributed by atoms with Crippen molar-refractivity contribution in [3.8, 4) is 0 Å². The zero-order chi connectivity index (χ0) is 12.6. The molecule has 0 aromatic heterocycles. The summed E-state index contributed by atoms with van der Waals surface area (Å²) < 4.78 is 0. The predicted molar refractivity (Wildman–Crippen MR) is 61.4 cm³/mol. The van der Waals surface area contributed by atoms with E-state index in [1.54, 1.807) is 0 Å². The number of carbonyl (C=O) groups excluding carboxylic acids is 1. The van der Waals surface area contributed by atoms with Crippen LogP contribution in [-0.2, 0) is 9.59 Å². The summed E-state index contributed by atoms with van der Waals surface area (Å²) in [6, 6.07) is 0. The van der Waals surface area contributed by atoms with Gasteiger partial charge in [-0.1, -0.05) is 6.92 Å². The fraction of sp³-hybridized carbons (Fsp3) is 0.846. The van der Waals surface area contributed by atoms with Gasteiger partial charge in [-0.05, 0) is 37.5 Å². The second kappa shape index (κ2) is 4.41. The number of aliphatic carboxylic acids is 1. The van der Waals surface area contributed by atoms with Crippen LogP contribution in [0.3, 0.4) is 0 Å². The van der Waals surface area contributed by atoms with Crippen LogP contribution in [-0.4, -0.2) is 28.1 Å². The molecule has 2 fully saturated rings. The van der Waals surface area contributed by atoms with Gasteiger partial charge in [0.1, 0.15) is 5.78 Å². The van der Waals surface area contributed by atoms with E-state index < -0.39 is 12.1 Å². The molecule has 4 atom stereocenters. The van der Waals surface area contributed by atoms with Gasteiger partial charge in [0, 0.05) is 18.3 Å². The smallest absolute Gasteiger partial charge is 0.303 e. The third-order valence-electron chi connectivity index (χ3n) is 4.80. The highest BCUT2D eigenvalue weighted by atomic mass is 16.4. The number of aliphatic hydroxyl groups is 1. The molecule has 0 amide bonds. The Labute approximate surface area is 101 Å². The van der Waals surface area contributed by atoms with Gasteiger partial charge in [0.15, 0.2) is 0 Å². The second-order valence-electron chi connectivity index (χ2n) is 5.69. The molecule has 0 heterocycles. The highest BCUT2D eigenvalue weighted by Gasteiger charge is 2.53. The third kappa shape index (κ3) is 2.10. The molecular formula is C13H20O4. The van der Waals surface area contributed by atoms with Gasteiger partial charge in [-0.3, -0.25) is 9.59 Å². The van der Waals surface area contributed by atoms with E-state index in [1.807, 2.05) is 6.92 Å². The Kier molecular flexibility index (Phi) is 3.25. The molecule has 0 saturated heterocycles. The number of carboxylic acid groups (broad SMARTS) is 1. The number of rotatable bonds is 3. The predicted octanol–water partition coefficient (Wildman–Crippen LogP) is 1.61. The Hall–Kier alpha value is -0.900. The lowest BCUT2D eigenvalue weighted by Crippen LogP contribution is -2.44. The van der Waals surface area contributed by atoms with Crippen molar-refractivity contribution in [1.82, 2.24) is 0 Å². The number of carboxylic acids is 1. The lowest BCUT2D eigenvalue weighted by Gasteiger charge is -2.43. The van der Waals surface area contributed by atoms with Crippen LogP contribution < -0.4 is 0 Å². The number of hydrogen-bond acceptors (Lipinski definition) is 3. The van der Waals surface area contributed by atoms with Gasteiger partial charge >= 0.3 is 5.97 Å². The highest BCUT2D eigenvalue weighted by molar-refractivity contribution is 5.87. The monoisotopic (exact) mass is 240 g/mol. The van der Waals surface area contributed by atoms with Gasteiger partial charge in [-0.25, -0.2) is 0 Å². The number of aliphatic hydroxyl groups excluding tert-OH is 1. The molecular weight excluding hydrogens is 220 g/mol. The molecule has 2 aliphatic rings. The summed E-state index contributed by atoms with van der Waals surface area (Å²) in [5.41, 5.74) is -0.303. The van der Waals surface area contributed by atoms with E-state index in [2.05, 4.69) is 0 Å². The fourth-order valence-electron chi connectivity index (χ4n) is 3.72. The molecule has 0 aliphatic heterocycles. The number of ketones is 1. The van der Waals surface area contributed by atoms with E-state index in [1.165, 1.54) is 0 Å². The molecule has 2 rings (SSSR count). The molecule has 0 aromatic rings. The minimum atomic E-state index is -0.825. The van der Waals surface area contributed by atoms with Gasteiger partial charge in [0.05, 0.1) is 6.10 Å². The van der Waals surface area contributed by atoms with Gasteiger partial charge in [0.25, 0.3) is 0 Å². The van der Waals surface area contributed by atoms with Crippen molar-refractivity contribution in [3.63, 3.8) is 0 Å². The Morgan fingerprint density at radius 3 is 2.82 bits per heavy atom. The zero-order valence-corrected chi connectivity index (χ0v) is 10.2. The summed E-state index contributed by atoms with van der Waals surface area (Å²) in [5.74, 6) is -0.363. The fourth-order valence-corrected chi connectivity index (χ4v) is 3.72. The van der Waals surface area contributed by atoms with Gasteiger partial charge in [-0.15, -0.1) is 0 Å². The number of carbonyl (C=O) groups is 2. The molecule has 2 N–H and O–H groups in total. The molecule has 0 bridgehead atoms. The molecule has 0 spiro atoms. The van der Waals surface area contributed by atoms with Crippen molar-refractivity contribution in [3.05, 3.63) is 0 Å². The van der Waals surface area contributed by atoms with Gasteiger partial charge in [-0.2, -0.15) is 0 Å². The van der Waals surface area contributed by atoms with Crippen LogP contribution in [0, 0.1) is 17.3 Å². The van der Waals surface area contributed by atoms with E-state index in [4.69, 9.17) is 5.11 Å².